The number of nitro benzene ring substituents is 1. The quantitative estimate of drug-likeness (QED) is 0.304. The summed E-state index contributed by atoms with van der Waals surface area (Å²) in [4.78, 5) is 12.1. The third kappa shape index (κ3) is 6.34. The maximum Gasteiger partial charge on any atom is 0.270 e. The van der Waals surface area contributed by atoms with Crippen molar-refractivity contribution >= 4 is 31.5 Å². The monoisotopic (exact) mass is 450 g/mol. The number of hydrogen-bond acceptors (Lipinski definition) is 9. The number of nitrogens with one attached hydrogen (secondary N) is 1. The number of rotatable bonds is 10. The van der Waals surface area contributed by atoms with Gasteiger partial charge in [0.1, 0.15) is 4.90 Å². The zero-order valence-electron chi connectivity index (χ0n) is 16.4. The number of sulfonamides is 1. The van der Waals surface area contributed by atoms with Gasteiger partial charge in [-0.3, -0.25) is 14.3 Å². The minimum Gasteiger partial charge on any atom is -0.368 e. The summed E-state index contributed by atoms with van der Waals surface area (Å²) < 4.78 is 55.0. The minimum atomic E-state index is -3.98. The predicted molar refractivity (Wildman–Crippen MR) is 108 cm³/mol. The van der Waals surface area contributed by atoms with Crippen LogP contribution in [0.25, 0.3) is 0 Å². The number of nitrogens with zero attached hydrogens (tertiary/aromatic N) is 3. The Morgan fingerprint density at radius 3 is 2.41 bits per heavy atom. The molecule has 1 aromatic rings. The molecule has 0 aliphatic carbocycles. The van der Waals surface area contributed by atoms with Gasteiger partial charge in [-0.25, -0.2) is 8.42 Å². The molecule has 0 amide bonds. The normalized spacial score (nSPS) is 15.9. The van der Waals surface area contributed by atoms with E-state index in [1.54, 1.807) is 4.90 Å². The van der Waals surface area contributed by atoms with E-state index in [1.165, 1.54) is 16.4 Å². The summed E-state index contributed by atoms with van der Waals surface area (Å²) in [6.07, 6.45) is 1.59. The predicted octanol–water partition coefficient (Wildman–Crippen LogP) is 0.381. The highest BCUT2D eigenvalue weighted by atomic mass is 32.2. The van der Waals surface area contributed by atoms with Crippen LogP contribution in [-0.4, -0.2) is 78.2 Å². The van der Waals surface area contributed by atoms with Gasteiger partial charge in [-0.05, 0) is 12.5 Å². The fourth-order valence-corrected chi connectivity index (χ4v) is 5.08. The molecule has 29 heavy (non-hydrogen) atoms. The van der Waals surface area contributed by atoms with Crippen LogP contribution in [0.5, 0.6) is 0 Å². The zero-order valence-corrected chi connectivity index (χ0v) is 18.0. The van der Waals surface area contributed by atoms with Crippen molar-refractivity contribution in [3.8, 4) is 0 Å². The third-order valence-electron chi connectivity index (χ3n) is 4.34. The summed E-state index contributed by atoms with van der Waals surface area (Å²) in [5.41, 5.74) is -0.0422. The van der Waals surface area contributed by atoms with Crippen LogP contribution in [0, 0.1) is 10.1 Å². The lowest BCUT2D eigenvalue weighted by molar-refractivity contribution is -0.385. The molecule has 0 spiro atoms. The first-order valence-corrected chi connectivity index (χ1v) is 12.4. The van der Waals surface area contributed by atoms with Gasteiger partial charge < -0.3 is 10.2 Å². The first-order chi connectivity index (χ1) is 13.6. The summed E-state index contributed by atoms with van der Waals surface area (Å²) >= 11 is 0. The SMILES string of the molecule is CCCN(CCOS(C)(=O)=O)c1ccc([N+](=O)[O-])cc1S(=O)(=O)N1CCNCC1. The fraction of sp³-hybridized carbons (Fsp3) is 0.625. The summed E-state index contributed by atoms with van der Waals surface area (Å²) in [6, 6.07) is 3.70. The van der Waals surface area contributed by atoms with Gasteiger partial charge in [0.15, 0.2) is 0 Å². The highest BCUT2D eigenvalue weighted by Crippen LogP contribution is 2.32. The first-order valence-electron chi connectivity index (χ1n) is 9.15. The second-order valence-electron chi connectivity index (χ2n) is 6.58. The van der Waals surface area contributed by atoms with Crippen LogP contribution in [0.2, 0.25) is 0 Å². The van der Waals surface area contributed by atoms with Crippen LogP contribution >= 0.6 is 0 Å². The smallest absolute Gasteiger partial charge is 0.270 e. The largest absolute Gasteiger partial charge is 0.368 e. The number of benzene rings is 1. The Kier molecular flexibility index (Phi) is 7.94. The summed E-state index contributed by atoms with van der Waals surface area (Å²) in [5.74, 6) is 0. The topological polar surface area (TPSA) is 139 Å². The maximum absolute atomic E-state index is 13.2. The van der Waals surface area contributed by atoms with Crippen LogP contribution in [0.4, 0.5) is 11.4 Å². The molecule has 1 fully saturated rings. The maximum atomic E-state index is 13.2. The van der Waals surface area contributed by atoms with Crippen molar-refractivity contribution in [2.24, 2.45) is 0 Å². The molecule has 0 atom stereocenters. The van der Waals surface area contributed by atoms with E-state index in [0.29, 0.717) is 26.1 Å². The Labute approximate surface area is 171 Å². The molecule has 1 heterocycles. The molecule has 0 unspecified atom stereocenters. The molecule has 1 N–H and O–H groups in total. The lowest BCUT2D eigenvalue weighted by atomic mass is 10.2. The van der Waals surface area contributed by atoms with E-state index in [2.05, 4.69) is 5.32 Å². The molecule has 0 bridgehead atoms. The van der Waals surface area contributed by atoms with E-state index in [4.69, 9.17) is 4.18 Å². The third-order valence-corrected chi connectivity index (χ3v) is 6.86. The molecule has 2 rings (SSSR count). The Hall–Kier alpha value is -1.80. The first kappa shape index (κ1) is 23.5. The number of non-ortho nitro benzene ring substituents is 1. The second kappa shape index (κ2) is 9.80. The van der Waals surface area contributed by atoms with Crippen LogP contribution in [-0.2, 0) is 24.3 Å². The summed E-state index contributed by atoms with van der Waals surface area (Å²) in [6.45, 7) is 3.76. The van der Waals surface area contributed by atoms with Crippen molar-refractivity contribution in [1.82, 2.24) is 9.62 Å². The Balaban J connectivity index is 2.46. The van der Waals surface area contributed by atoms with E-state index in [9.17, 15) is 26.9 Å². The number of nitro groups is 1. The van der Waals surface area contributed by atoms with Crippen molar-refractivity contribution < 1.29 is 25.9 Å². The van der Waals surface area contributed by atoms with E-state index in [1.807, 2.05) is 6.92 Å². The van der Waals surface area contributed by atoms with Gasteiger partial charge in [-0.15, -0.1) is 0 Å². The van der Waals surface area contributed by atoms with E-state index in [-0.39, 0.29) is 42.5 Å². The van der Waals surface area contributed by atoms with Gasteiger partial charge in [0.25, 0.3) is 15.8 Å². The van der Waals surface area contributed by atoms with Crippen LogP contribution in [0.15, 0.2) is 23.1 Å². The molecule has 11 nitrogen and oxygen atoms in total. The molecule has 1 aliphatic rings. The lowest BCUT2D eigenvalue weighted by Gasteiger charge is -2.30. The van der Waals surface area contributed by atoms with Gasteiger partial charge in [0.2, 0.25) is 10.0 Å². The Morgan fingerprint density at radius 1 is 1.21 bits per heavy atom. The molecular weight excluding hydrogens is 424 g/mol. The molecule has 164 valence electrons. The van der Waals surface area contributed by atoms with Crippen molar-refractivity contribution in [1.29, 1.82) is 0 Å². The van der Waals surface area contributed by atoms with Gasteiger partial charge in [0.05, 0.1) is 23.5 Å². The van der Waals surface area contributed by atoms with Gasteiger partial charge in [-0.1, -0.05) is 6.92 Å². The highest BCUT2D eigenvalue weighted by Gasteiger charge is 2.31. The average Bonchev–Trinajstić information content (AvgIpc) is 2.66. The summed E-state index contributed by atoms with van der Waals surface area (Å²) in [5, 5.41) is 14.3. The Bertz CT molecular complexity index is 929. The average molecular weight is 451 g/mol. The zero-order chi connectivity index (χ0) is 21.7. The van der Waals surface area contributed by atoms with Gasteiger partial charge in [-0.2, -0.15) is 12.7 Å². The van der Waals surface area contributed by atoms with Crippen molar-refractivity contribution in [3.63, 3.8) is 0 Å². The van der Waals surface area contributed by atoms with E-state index in [0.717, 1.165) is 12.3 Å². The molecule has 0 radical (unpaired) electrons. The molecule has 0 saturated carbocycles. The molecule has 1 aliphatic heterocycles. The van der Waals surface area contributed by atoms with Crippen LogP contribution in [0.1, 0.15) is 13.3 Å². The highest BCUT2D eigenvalue weighted by molar-refractivity contribution is 7.89. The van der Waals surface area contributed by atoms with Crippen molar-refractivity contribution in [3.05, 3.63) is 28.3 Å². The van der Waals surface area contributed by atoms with Gasteiger partial charge >= 0.3 is 0 Å². The molecule has 1 aromatic carbocycles. The number of anilines is 1. The van der Waals surface area contributed by atoms with Crippen LogP contribution in [0.3, 0.4) is 0 Å². The second-order valence-corrected chi connectivity index (χ2v) is 10.1. The molecule has 13 heteroatoms. The fourth-order valence-electron chi connectivity index (χ4n) is 3.03. The minimum absolute atomic E-state index is 0.114. The van der Waals surface area contributed by atoms with Crippen molar-refractivity contribution in [2.45, 2.75) is 18.2 Å². The van der Waals surface area contributed by atoms with Crippen LogP contribution < -0.4 is 10.2 Å². The van der Waals surface area contributed by atoms with Gasteiger partial charge in [0, 0.05) is 51.4 Å². The van der Waals surface area contributed by atoms with E-state index < -0.39 is 25.1 Å². The molecule has 1 saturated heterocycles. The lowest BCUT2D eigenvalue weighted by Crippen LogP contribution is -2.46. The van der Waals surface area contributed by atoms with Crippen molar-refractivity contribution in [2.75, 3.05) is 57.0 Å². The molecular formula is C16H26N4O7S2. The Morgan fingerprint density at radius 2 is 1.86 bits per heavy atom. The summed E-state index contributed by atoms with van der Waals surface area (Å²) in [7, 11) is -7.62. The molecule has 0 aromatic heterocycles. The standard InChI is InChI=1S/C16H26N4O7S2/c1-3-8-18(11-12-27-28(2,23)24)15-5-4-14(20(21)22)13-16(15)29(25,26)19-9-6-17-7-10-19/h4-5,13,17H,3,6-12H2,1-2H3. The number of hydrogen-bond donors (Lipinski definition) is 1. The number of piperazine rings is 1. The van der Waals surface area contributed by atoms with E-state index >= 15 is 0 Å².